The number of carbonyl (C=O) groups excluding carboxylic acids is 1. The van der Waals surface area contributed by atoms with Crippen molar-refractivity contribution in [2.24, 2.45) is 5.73 Å². The van der Waals surface area contributed by atoms with Crippen molar-refractivity contribution in [2.75, 3.05) is 26.7 Å². The molecule has 1 fully saturated rings. The Labute approximate surface area is 86.4 Å². The van der Waals surface area contributed by atoms with Crippen LogP contribution in [0.4, 0.5) is 0 Å². The highest BCUT2D eigenvalue weighted by molar-refractivity contribution is 5.74. The molecule has 4 heteroatoms. The van der Waals surface area contributed by atoms with Crippen LogP contribution in [-0.4, -0.2) is 43.7 Å². The fraction of sp³-hybridized carbons (Fsp3) is 0.900. The zero-order valence-corrected chi connectivity index (χ0v) is 9.45. The molecule has 14 heavy (non-hydrogen) atoms. The first-order chi connectivity index (χ1) is 6.68. The first-order valence-electron chi connectivity index (χ1n) is 5.27. The van der Waals surface area contributed by atoms with Gasteiger partial charge in [-0.25, -0.2) is 0 Å². The lowest BCUT2D eigenvalue weighted by Crippen LogP contribution is -2.35. The maximum Gasteiger partial charge on any atom is 0.243 e. The van der Waals surface area contributed by atoms with E-state index >= 15 is 0 Å². The fourth-order valence-corrected chi connectivity index (χ4v) is 1.35. The van der Waals surface area contributed by atoms with Gasteiger partial charge in [0.2, 0.25) is 5.91 Å². The van der Waals surface area contributed by atoms with Crippen LogP contribution in [0.2, 0.25) is 0 Å². The van der Waals surface area contributed by atoms with Crippen molar-refractivity contribution in [2.45, 2.75) is 32.8 Å². The van der Waals surface area contributed by atoms with E-state index in [0.717, 1.165) is 25.9 Å². The van der Waals surface area contributed by atoms with Crippen LogP contribution in [-0.2, 0) is 9.53 Å². The van der Waals surface area contributed by atoms with E-state index in [1.165, 1.54) is 0 Å². The molecule has 4 nitrogen and oxygen atoms in total. The van der Waals surface area contributed by atoms with Crippen LogP contribution in [0.5, 0.6) is 0 Å². The molecule has 1 aliphatic rings. The number of amides is 1. The molecule has 0 aliphatic carbocycles. The van der Waals surface area contributed by atoms with E-state index in [1.807, 2.05) is 13.8 Å². The van der Waals surface area contributed by atoms with E-state index in [-0.39, 0.29) is 18.6 Å². The summed E-state index contributed by atoms with van der Waals surface area (Å²) in [4.78, 5) is 12.6. The maximum atomic E-state index is 10.4. The molecular formula is C10H22N2O2. The fourth-order valence-electron chi connectivity index (χ4n) is 1.35. The topological polar surface area (TPSA) is 55.6 Å². The summed E-state index contributed by atoms with van der Waals surface area (Å²) >= 11 is 0. The van der Waals surface area contributed by atoms with Crippen LogP contribution >= 0.6 is 0 Å². The Kier molecular flexibility index (Phi) is 7.42. The number of piperidine rings is 1. The molecule has 84 valence electrons. The number of primary amides is 1. The number of nitrogens with zero attached hydrogens (tertiary/aromatic N) is 1. The van der Waals surface area contributed by atoms with Gasteiger partial charge in [-0.3, -0.25) is 4.79 Å². The van der Waals surface area contributed by atoms with E-state index in [4.69, 9.17) is 10.5 Å². The third-order valence-electron chi connectivity index (χ3n) is 2.13. The van der Waals surface area contributed by atoms with Crippen LogP contribution in [0.1, 0.15) is 26.7 Å². The minimum atomic E-state index is -0.381. The normalized spacial score (nSPS) is 18.5. The van der Waals surface area contributed by atoms with Crippen molar-refractivity contribution in [1.29, 1.82) is 0 Å². The summed E-state index contributed by atoms with van der Waals surface area (Å²) in [7, 11) is 2.09. The molecular weight excluding hydrogens is 180 g/mol. The van der Waals surface area contributed by atoms with Crippen LogP contribution in [0, 0.1) is 0 Å². The Morgan fingerprint density at radius 2 is 1.93 bits per heavy atom. The van der Waals surface area contributed by atoms with Gasteiger partial charge in [0, 0.05) is 13.1 Å². The predicted molar refractivity (Wildman–Crippen MR) is 57.0 cm³/mol. The van der Waals surface area contributed by atoms with Gasteiger partial charge in [0.1, 0.15) is 6.61 Å². The highest BCUT2D eigenvalue weighted by Gasteiger charge is 2.17. The van der Waals surface area contributed by atoms with Gasteiger partial charge in [-0.1, -0.05) is 13.8 Å². The largest absolute Gasteiger partial charge is 0.368 e. The zero-order valence-electron chi connectivity index (χ0n) is 9.45. The molecule has 0 atom stereocenters. The van der Waals surface area contributed by atoms with Gasteiger partial charge in [0.15, 0.2) is 0 Å². The molecule has 0 aromatic carbocycles. The van der Waals surface area contributed by atoms with Gasteiger partial charge < -0.3 is 15.4 Å². The Morgan fingerprint density at radius 3 is 2.36 bits per heavy atom. The third kappa shape index (κ3) is 5.94. The standard InChI is InChI=1S/C8H16N2O2.C2H6/c1-10-4-2-7(3-5-10)12-6-8(9)11;1-2/h7H,2-6H2,1H3,(H2,9,11);1-2H3. The summed E-state index contributed by atoms with van der Waals surface area (Å²) in [5.41, 5.74) is 4.96. The number of hydrogen-bond donors (Lipinski definition) is 1. The highest BCUT2D eigenvalue weighted by atomic mass is 16.5. The summed E-state index contributed by atoms with van der Waals surface area (Å²) in [6, 6.07) is 0. The highest BCUT2D eigenvalue weighted by Crippen LogP contribution is 2.11. The summed E-state index contributed by atoms with van der Waals surface area (Å²) < 4.78 is 5.29. The molecule has 0 unspecified atom stereocenters. The minimum absolute atomic E-state index is 0.0639. The van der Waals surface area contributed by atoms with Crippen molar-refractivity contribution >= 4 is 5.91 Å². The van der Waals surface area contributed by atoms with Crippen molar-refractivity contribution < 1.29 is 9.53 Å². The van der Waals surface area contributed by atoms with Crippen molar-refractivity contribution in [3.05, 3.63) is 0 Å². The van der Waals surface area contributed by atoms with E-state index < -0.39 is 0 Å². The Morgan fingerprint density at radius 1 is 1.43 bits per heavy atom. The van der Waals surface area contributed by atoms with Crippen molar-refractivity contribution in [3.63, 3.8) is 0 Å². The average molecular weight is 202 g/mol. The van der Waals surface area contributed by atoms with E-state index in [0.29, 0.717) is 0 Å². The number of ether oxygens (including phenoxy) is 1. The van der Waals surface area contributed by atoms with Crippen LogP contribution in [0.3, 0.4) is 0 Å². The molecule has 1 heterocycles. The lowest BCUT2D eigenvalue weighted by Gasteiger charge is -2.28. The molecule has 0 saturated carbocycles. The number of hydrogen-bond acceptors (Lipinski definition) is 3. The Hall–Kier alpha value is -0.610. The third-order valence-corrected chi connectivity index (χ3v) is 2.13. The van der Waals surface area contributed by atoms with Gasteiger partial charge in [0.25, 0.3) is 0 Å². The minimum Gasteiger partial charge on any atom is -0.368 e. The molecule has 0 radical (unpaired) electrons. The molecule has 1 rings (SSSR count). The van der Waals surface area contributed by atoms with Gasteiger partial charge >= 0.3 is 0 Å². The SMILES string of the molecule is CC.CN1CCC(OCC(N)=O)CC1. The molecule has 0 spiro atoms. The molecule has 2 N–H and O–H groups in total. The number of nitrogens with two attached hydrogens (primary N) is 1. The van der Waals surface area contributed by atoms with Crippen LogP contribution in [0.15, 0.2) is 0 Å². The summed E-state index contributed by atoms with van der Waals surface area (Å²) in [5, 5.41) is 0. The summed E-state index contributed by atoms with van der Waals surface area (Å²) in [6.07, 6.45) is 2.24. The molecule has 1 saturated heterocycles. The quantitative estimate of drug-likeness (QED) is 0.729. The Balaban J connectivity index is 0.000000791. The molecule has 0 aromatic heterocycles. The number of carbonyl (C=O) groups is 1. The second-order valence-electron chi connectivity index (χ2n) is 3.28. The van der Waals surface area contributed by atoms with Crippen LogP contribution in [0.25, 0.3) is 0 Å². The first kappa shape index (κ1) is 13.4. The first-order valence-corrected chi connectivity index (χ1v) is 5.27. The molecule has 1 aliphatic heterocycles. The van der Waals surface area contributed by atoms with Crippen molar-refractivity contribution in [1.82, 2.24) is 4.90 Å². The lowest BCUT2D eigenvalue weighted by atomic mass is 10.1. The second-order valence-corrected chi connectivity index (χ2v) is 3.28. The van der Waals surface area contributed by atoms with Gasteiger partial charge in [0.05, 0.1) is 6.10 Å². The van der Waals surface area contributed by atoms with E-state index in [1.54, 1.807) is 0 Å². The summed E-state index contributed by atoms with van der Waals surface area (Å²) in [5.74, 6) is -0.381. The van der Waals surface area contributed by atoms with Gasteiger partial charge in [-0.05, 0) is 19.9 Å². The summed E-state index contributed by atoms with van der Waals surface area (Å²) in [6.45, 7) is 6.15. The lowest BCUT2D eigenvalue weighted by molar-refractivity contribution is -0.125. The van der Waals surface area contributed by atoms with E-state index in [9.17, 15) is 4.79 Å². The predicted octanol–water partition coefficient (Wildman–Crippen LogP) is 0.609. The second kappa shape index (κ2) is 7.76. The van der Waals surface area contributed by atoms with Gasteiger partial charge in [-0.2, -0.15) is 0 Å². The van der Waals surface area contributed by atoms with Crippen molar-refractivity contribution in [3.8, 4) is 0 Å². The maximum absolute atomic E-state index is 10.4. The van der Waals surface area contributed by atoms with Gasteiger partial charge in [-0.15, -0.1) is 0 Å². The number of rotatable bonds is 3. The Bertz CT molecular complexity index is 154. The monoisotopic (exact) mass is 202 g/mol. The molecule has 0 aromatic rings. The van der Waals surface area contributed by atoms with Crippen LogP contribution < -0.4 is 5.73 Å². The number of likely N-dealkylation sites (tertiary alicyclic amines) is 1. The smallest absolute Gasteiger partial charge is 0.243 e. The molecule has 1 amide bonds. The zero-order chi connectivity index (χ0) is 11.0. The average Bonchev–Trinajstić information content (AvgIpc) is 2.20. The van der Waals surface area contributed by atoms with E-state index in [2.05, 4.69) is 11.9 Å². The molecule has 0 bridgehead atoms.